The van der Waals surface area contributed by atoms with Crippen LogP contribution in [-0.4, -0.2) is 24.2 Å². The van der Waals surface area contributed by atoms with Gasteiger partial charge in [-0.25, -0.2) is 0 Å². The zero-order valence-electron chi connectivity index (χ0n) is 10.6. The second-order valence-electron chi connectivity index (χ2n) is 4.36. The molecular formula is C15H13NO4. The highest BCUT2D eigenvalue weighted by molar-refractivity contribution is 6.04. The lowest BCUT2D eigenvalue weighted by molar-refractivity contribution is 0.102. The average molecular weight is 271 g/mol. The Morgan fingerprint density at radius 2 is 1.70 bits per heavy atom. The molecule has 3 rings (SSSR count). The van der Waals surface area contributed by atoms with E-state index in [1.54, 1.807) is 30.3 Å². The minimum Gasteiger partial charge on any atom is -0.508 e. The molecule has 0 aliphatic carbocycles. The molecule has 0 bridgehead atoms. The van der Waals surface area contributed by atoms with E-state index in [0.717, 1.165) is 0 Å². The second kappa shape index (κ2) is 5.13. The van der Waals surface area contributed by atoms with Gasteiger partial charge < -0.3 is 19.9 Å². The maximum absolute atomic E-state index is 12.1. The van der Waals surface area contributed by atoms with E-state index in [1.807, 2.05) is 0 Å². The normalized spacial score (nSPS) is 12.8. The molecule has 20 heavy (non-hydrogen) atoms. The molecule has 0 radical (unpaired) electrons. The summed E-state index contributed by atoms with van der Waals surface area (Å²) in [7, 11) is 0. The van der Waals surface area contributed by atoms with Gasteiger partial charge in [-0.2, -0.15) is 0 Å². The summed E-state index contributed by atoms with van der Waals surface area (Å²) in [4.78, 5) is 12.1. The SMILES string of the molecule is O=C(Nc1ccc(O)cc1)c1ccc2c(c1)OCCO2. The maximum Gasteiger partial charge on any atom is 0.255 e. The number of amides is 1. The van der Waals surface area contributed by atoms with Crippen molar-refractivity contribution in [3.05, 3.63) is 48.0 Å². The van der Waals surface area contributed by atoms with Gasteiger partial charge in [0, 0.05) is 11.3 Å². The van der Waals surface area contributed by atoms with Crippen molar-refractivity contribution in [2.45, 2.75) is 0 Å². The predicted octanol–water partition coefficient (Wildman–Crippen LogP) is 2.42. The van der Waals surface area contributed by atoms with Gasteiger partial charge in [0.15, 0.2) is 11.5 Å². The van der Waals surface area contributed by atoms with Crippen LogP contribution >= 0.6 is 0 Å². The lowest BCUT2D eigenvalue weighted by atomic mass is 10.1. The summed E-state index contributed by atoms with van der Waals surface area (Å²) in [5.74, 6) is 1.14. The van der Waals surface area contributed by atoms with E-state index < -0.39 is 0 Å². The second-order valence-corrected chi connectivity index (χ2v) is 4.36. The molecule has 2 aromatic rings. The van der Waals surface area contributed by atoms with E-state index in [2.05, 4.69) is 5.32 Å². The van der Waals surface area contributed by atoms with Crippen LogP contribution in [0.3, 0.4) is 0 Å². The third kappa shape index (κ3) is 2.51. The summed E-state index contributed by atoms with van der Waals surface area (Å²) in [5, 5.41) is 11.9. The number of hydrogen-bond donors (Lipinski definition) is 2. The Morgan fingerprint density at radius 3 is 2.45 bits per heavy atom. The van der Waals surface area contributed by atoms with Gasteiger partial charge in [0.2, 0.25) is 0 Å². The van der Waals surface area contributed by atoms with Crippen LogP contribution in [0.4, 0.5) is 5.69 Å². The number of phenolic OH excluding ortho intramolecular Hbond substituents is 1. The van der Waals surface area contributed by atoms with Crippen LogP contribution in [0, 0.1) is 0 Å². The van der Waals surface area contributed by atoms with Gasteiger partial charge in [0.25, 0.3) is 5.91 Å². The minimum atomic E-state index is -0.243. The Bertz CT molecular complexity index is 637. The Balaban J connectivity index is 1.78. The van der Waals surface area contributed by atoms with Crippen molar-refractivity contribution >= 4 is 11.6 Å². The topological polar surface area (TPSA) is 67.8 Å². The Labute approximate surface area is 115 Å². The molecule has 0 aromatic heterocycles. The Kier molecular flexibility index (Phi) is 3.16. The summed E-state index contributed by atoms with van der Waals surface area (Å²) in [6.07, 6.45) is 0. The monoisotopic (exact) mass is 271 g/mol. The Hall–Kier alpha value is -2.69. The number of benzene rings is 2. The van der Waals surface area contributed by atoms with Crippen LogP contribution in [0.5, 0.6) is 17.2 Å². The molecule has 0 saturated heterocycles. The number of hydrogen-bond acceptors (Lipinski definition) is 4. The Morgan fingerprint density at radius 1 is 1.00 bits per heavy atom. The number of carbonyl (C=O) groups is 1. The molecule has 0 atom stereocenters. The fraction of sp³-hybridized carbons (Fsp3) is 0.133. The fourth-order valence-corrected chi connectivity index (χ4v) is 1.93. The first-order valence-electron chi connectivity index (χ1n) is 6.22. The number of aromatic hydroxyl groups is 1. The van der Waals surface area contributed by atoms with Crippen molar-refractivity contribution in [2.24, 2.45) is 0 Å². The number of fused-ring (bicyclic) bond motifs is 1. The molecule has 5 heteroatoms. The molecule has 1 aliphatic heterocycles. The molecule has 0 saturated carbocycles. The van der Waals surface area contributed by atoms with Crippen molar-refractivity contribution in [3.63, 3.8) is 0 Å². The van der Waals surface area contributed by atoms with Crippen molar-refractivity contribution in [2.75, 3.05) is 18.5 Å². The average Bonchev–Trinajstić information content (AvgIpc) is 2.49. The van der Waals surface area contributed by atoms with Crippen molar-refractivity contribution < 1.29 is 19.4 Å². The summed E-state index contributed by atoms with van der Waals surface area (Å²) < 4.78 is 10.8. The first-order valence-corrected chi connectivity index (χ1v) is 6.22. The molecule has 0 unspecified atom stereocenters. The minimum absolute atomic E-state index is 0.155. The number of carbonyl (C=O) groups excluding carboxylic acids is 1. The zero-order valence-corrected chi connectivity index (χ0v) is 10.6. The largest absolute Gasteiger partial charge is 0.508 e. The highest BCUT2D eigenvalue weighted by Gasteiger charge is 2.14. The number of nitrogens with one attached hydrogen (secondary N) is 1. The maximum atomic E-state index is 12.1. The highest BCUT2D eigenvalue weighted by Crippen LogP contribution is 2.31. The molecule has 2 N–H and O–H groups in total. The lowest BCUT2D eigenvalue weighted by Gasteiger charge is -2.18. The predicted molar refractivity (Wildman–Crippen MR) is 73.5 cm³/mol. The van der Waals surface area contributed by atoms with Crippen LogP contribution in [0.15, 0.2) is 42.5 Å². The summed E-state index contributed by atoms with van der Waals surface area (Å²) in [6, 6.07) is 11.4. The van der Waals surface area contributed by atoms with Gasteiger partial charge >= 0.3 is 0 Å². The molecule has 2 aromatic carbocycles. The molecule has 5 nitrogen and oxygen atoms in total. The molecule has 0 fully saturated rings. The molecule has 102 valence electrons. The van der Waals surface area contributed by atoms with Crippen LogP contribution in [0.2, 0.25) is 0 Å². The van der Waals surface area contributed by atoms with Gasteiger partial charge in [0.05, 0.1) is 0 Å². The van der Waals surface area contributed by atoms with Gasteiger partial charge in [0.1, 0.15) is 19.0 Å². The fourth-order valence-electron chi connectivity index (χ4n) is 1.93. The first-order chi connectivity index (χ1) is 9.72. The highest BCUT2D eigenvalue weighted by atomic mass is 16.6. The molecule has 1 amide bonds. The van der Waals surface area contributed by atoms with Gasteiger partial charge in [-0.15, -0.1) is 0 Å². The van der Waals surface area contributed by atoms with E-state index in [9.17, 15) is 9.90 Å². The number of anilines is 1. The van der Waals surface area contributed by atoms with Crippen LogP contribution < -0.4 is 14.8 Å². The van der Waals surface area contributed by atoms with Gasteiger partial charge in [-0.1, -0.05) is 0 Å². The van der Waals surface area contributed by atoms with E-state index in [1.165, 1.54) is 12.1 Å². The summed E-state index contributed by atoms with van der Waals surface area (Å²) in [5.41, 5.74) is 1.10. The quantitative estimate of drug-likeness (QED) is 0.823. The summed E-state index contributed by atoms with van der Waals surface area (Å²) in [6.45, 7) is 1.00. The van der Waals surface area contributed by atoms with E-state index in [4.69, 9.17) is 9.47 Å². The van der Waals surface area contributed by atoms with E-state index in [-0.39, 0.29) is 11.7 Å². The zero-order chi connectivity index (χ0) is 13.9. The van der Waals surface area contributed by atoms with Gasteiger partial charge in [-0.05, 0) is 42.5 Å². The molecule has 1 heterocycles. The number of rotatable bonds is 2. The smallest absolute Gasteiger partial charge is 0.255 e. The van der Waals surface area contributed by atoms with E-state index in [0.29, 0.717) is 36.0 Å². The number of phenols is 1. The first kappa shape index (κ1) is 12.3. The third-order valence-corrected chi connectivity index (χ3v) is 2.93. The van der Waals surface area contributed by atoms with Crippen molar-refractivity contribution in [1.82, 2.24) is 0 Å². The van der Waals surface area contributed by atoms with E-state index >= 15 is 0 Å². The molecular weight excluding hydrogens is 258 g/mol. The van der Waals surface area contributed by atoms with Crippen LogP contribution in [-0.2, 0) is 0 Å². The lowest BCUT2D eigenvalue weighted by Crippen LogP contribution is -2.17. The van der Waals surface area contributed by atoms with Crippen molar-refractivity contribution in [1.29, 1.82) is 0 Å². The third-order valence-electron chi connectivity index (χ3n) is 2.93. The van der Waals surface area contributed by atoms with Gasteiger partial charge in [-0.3, -0.25) is 4.79 Å². The summed E-state index contributed by atoms with van der Waals surface area (Å²) >= 11 is 0. The van der Waals surface area contributed by atoms with Crippen LogP contribution in [0.25, 0.3) is 0 Å². The van der Waals surface area contributed by atoms with Crippen molar-refractivity contribution in [3.8, 4) is 17.2 Å². The number of ether oxygens (including phenoxy) is 2. The van der Waals surface area contributed by atoms with Crippen LogP contribution in [0.1, 0.15) is 10.4 Å². The molecule has 0 spiro atoms. The molecule has 1 aliphatic rings. The standard InChI is InChI=1S/C15H13NO4/c17-12-4-2-11(3-5-12)16-15(18)10-1-6-13-14(9-10)20-8-7-19-13/h1-6,9,17H,7-8H2,(H,16,18).